The molecule has 0 radical (unpaired) electrons. The summed E-state index contributed by atoms with van der Waals surface area (Å²) in [7, 11) is 0. The number of carbonyl (C=O) groups excluding carboxylic acids is 1. The Bertz CT molecular complexity index is 826. The highest BCUT2D eigenvalue weighted by molar-refractivity contribution is 6.32. The third-order valence-electron chi connectivity index (χ3n) is 3.37. The maximum atomic E-state index is 12.3. The molecule has 0 fully saturated rings. The molecular weight excluding hydrogens is 375 g/mol. The molecule has 0 bridgehead atoms. The van der Waals surface area contributed by atoms with Crippen molar-refractivity contribution in [1.29, 1.82) is 0 Å². The SMILES string of the molecule is O=C(Cc1cc(Cl)c2c(c1)OCCO2)Nc1cccc(OC(F)(F)F)c1. The number of carbonyl (C=O) groups is 1. The van der Waals surface area contributed by atoms with Gasteiger partial charge >= 0.3 is 6.36 Å². The molecule has 0 saturated carbocycles. The zero-order chi connectivity index (χ0) is 18.7. The molecule has 1 aliphatic rings. The third kappa shape index (κ3) is 4.72. The average molecular weight is 388 g/mol. The molecule has 0 atom stereocenters. The van der Waals surface area contributed by atoms with Gasteiger partial charge in [-0.05, 0) is 29.8 Å². The first-order chi connectivity index (χ1) is 12.3. The van der Waals surface area contributed by atoms with Gasteiger partial charge in [0.2, 0.25) is 5.91 Å². The molecule has 0 aromatic heterocycles. The topological polar surface area (TPSA) is 56.8 Å². The molecule has 138 valence electrons. The van der Waals surface area contributed by atoms with E-state index in [-0.39, 0.29) is 12.1 Å². The molecule has 1 N–H and O–H groups in total. The van der Waals surface area contributed by atoms with Gasteiger partial charge in [-0.15, -0.1) is 13.2 Å². The number of fused-ring (bicyclic) bond motifs is 1. The number of nitrogens with one attached hydrogen (secondary N) is 1. The van der Waals surface area contributed by atoms with Gasteiger partial charge in [-0.1, -0.05) is 17.7 Å². The van der Waals surface area contributed by atoms with Crippen molar-refractivity contribution >= 4 is 23.2 Å². The van der Waals surface area contributed by atoms with Crippen molar-refractivity contribution in [1.82, 2.24) is 0 Å². The van der Waals surface area contributed by atoms with E-state index < -0.39 is 18.0 Å². The first kappa shape index (κ1) is 18.2. The van der Waals surface area contributed by atoms with E-state index >= 15 is 0 Å². The van der Waals surface area contributed by atoms with Crippen LogP contribution in [0.15, 0.2) is 36.4 Å². The molecule has 0 unspecified atom stereocenters. The summed E-state index contributed by atoms with van der Waals surface area (Å²) < 4.78 is 51.4. The summed E-state index contributed by atoms with van der Waals surface area (Å²) in [6, 6.07) is 8.25. The Hall–Kier alpha value is -2.61. The van der Waals surface area contributed by atoms with Crippen LogP contribution in [0.5, 0.6) is 17.2 Å². The highest BCUT2D eigenvalue weighted by Crippen LogP contribution is 2.38. The van der Waals surface area contributed by atoms with E-state index in [1.165, 1.54) is 12.1 Å². The lowest BCUT2D eigenvalue weighted by Gasteiger charge is -2.20. The molecule has 2 aromatic carbocycles. The predicted molar refractivity (Wildman–Crippen MR) is 87.9 cm³/mol. The van der Waals surface area contributed by atoms with Crippen LogP contribution in [0.25, 0.3) is 0 Å². The van der Waals surface area contributed by atoms with Crippen LogP contribution < -0.4 is 19.5 Å². The number of rotatable bonds is 4. The average Bonchev–Trinajstić information content (AvgIpc) is 2.53. The Morgan fingerprint density at radius 1 is 1.19 bits per heavy atom. The fourth-order valence-electron chi connectivity index (χ4n) is 2.43. The van der Waals surface area contributed by atoms with E-state index in [0.717, 1.165) is 12.1 Å². The van der Waals surface area contributed by atoms with E-state index in [9.17, 15) is 18.0 Å². The number of ether oxygens (including phenoxy) is 3. The minimum Gasteiger partial charge on any atom is -0.486 e. The van der Waals surface area contributed by atoms with Gasteiger partial charge in [0.25, 0.3) is 0 Å². The quantitative estimate of drug-likeness (QED) is 0.854. The summed E-state index contributed by atoms with van der Waals surface area (Å²) in [5.41, 5.74) is 0.764. The Labute approximate surface area is 151 Å². The summed E-state index contributed by atoms with van der Waals surface area (Å²) in [6.07, 6.45) is -4.84. The molecule has 5 nitrogen and oxygen atoms in total. The van der Waals surface area contributed by atoms with E-state index in [1.807, 2.05) is 0 Å². The summed E-state index contributed by atoms with van der Waals surface area (Å²) >= 11 is 6.11. The monoisotopic (exact) mass is 387 g/mol. The van der Waals surface area contributed by atoms with Gasteiger partial charge < -0.3 is 19.5 Å². The second-order valence-corrected chi connectivity index (χ2v) is 5.81. The first-order valence-electron chi connectivity index (χ1n) is 7.54. The van der Waals surface area contributed by atoms with Crippen LogP contribution in [0.1, 0.15) is 5.56 Å². The molecule has 1 amide bonds. The number of amides is 1. The van der Waals surface area contributed by atoms with Crippen molar-refractivity contribution in [3.8, 4) is 17.2 Å². The van der Waals surface area contributed by atoms with Gasteiger partial charge in [0.1, 0.15) is 19.0 Å². The minimum absolute atomic E-state index is 0.0410. The van der Waals surface area contributed by atoms with Gasteiger partial charge in [-0.25, -0.2) is 0 Å². The minimum atomic E-state index is -4.80. The number of hydrogen-bond donors (Lipinski definition) is 1. The second-order valence-electron chi connectivity index (χ2n) is 5.40. The molecule has 26 heavy (non-hydrogen) atoms. The maximum absolute atomic E-state index is 12.3. The van der Waals surface area contributed by atoms with Crippen LogP contribution in [0.2, 0.25) is 5.02 Å². The second kappa shape index (κ2) is 7.33. The van der Waals surface area contributed by atoms with Gasteiger partial charge in [0, 0.05) is 11.8 Å². The largest absolute Gasteiger partial charge is 0.573 e. The fraction of sp³-hybridized carbons (Fsp3) is 0.235. The highest BCUT2D eigenvalue weighted by Gasteiger charge is 2.31. The molecule has 0 saturated heterocycles. The smallest absolute Gasteiger partial charge is 0.486 e. The van der Waals surface area contributed by atoms with Gasteiger partial charge in [0.15, 0.2) is 11.5 Å². The number of hydrogen-bond acceptors (Lipinski definition) is 4. The van der Waals surface area contributed by atoms with Gasteiger partial charge in [-0.2, -0.15) is 0 Å². The maximum Gasteiger partial charge on any atom is 0.573 e. The molecule has 0 aliphatic carbocycles. The van der Waals surface area contributed by atoms with Crippen molar-refractivity contribution in [3.05, 3.63) is 47.0 Å². The zero-order valence-electron chi connectivity index (χ0n) is 13.2. The Kier molecular flexibility index (Phi) is 5.13. The molecule has 0 spiro atoms. The number of benzene rings is 2. The molecule has 3 rings (SSSR count). The fourth-order valence-corrected chi connectivity index (χ4v) is 2.72. The molecule has 9 heteroatoms. The van der Waals surface area contributed by atoms with Crippen molar-refractivity contribution in [2.24, 2.45) is 0 Å². The molecule has 1 heterocycles. The van der Waals surface area contributed by atoms with Crippen LogP contribution >= 0.6 is 11.6 Å². The number of alkyl halides is 3. The predicted octanol–water partition coefficient (Wildman–Crippen LogP) is 4.19. The van der Waals surface area contributed by atoms with Crippen molar-refractivity contribution in [2.45, 2.75) is 12.8 Å². The van der Waals surface area contributed by atoms with E-state index in [0.29, 0.717) is 35.3 Å². The Morgan fingerprint density at radius 2 is 1.96 bits per heavy atom. The van der Waals surface area contributed by atoms with E-state index in [2.05, 4.69) is 10.1 Å². The third-order valence-corrected chi connectivity index (χ3v) is 3.65. The van der Waals surface area contributed by atoms with E-state index in [1.54, 1.807) is 12.1 Å². The number of halogens is 4. The first-order valence-corrected chi connectivity index (χ1v) is 7.92. The van der Waals surface area contributed by atoms with Crippen molar-refractivity contribution in [3.63, 3.8) is 0 Å². The summed E-state index contributed by atoms with van der Waals surface area (Å²) in [6.45, 7) is 0.772. The van der Waals surface area contributed by atoms with Crippen LogP contribution in [-0.2, 0) is 11.2 Å². The Morgan fingerprint density at radius 3 is 2.73 bits per heavy atom. The highest BCUT2D eigenvalue weighted by atomic mass is 35.5. The van der Waals surface area contributed by atoms with Crippen LogP contribution in [0.3, 0.4) is 0 Å². The van der Waals surface area contributed by atoms with Gasteiger partial charge in [-0.3, -0.25) is 4.79 Å². The van der Waals surface area contributed by atoms with E-state index in [4.69, 9.17) is 21.1 Å². The van der Waals surface area contributed by atoms with Gasteiger partial charge in [0.05, 0.1) is 11.4 Å². The molecule has 2 aromatic rings. The number of anilines is 1. The van der Waals surface area contributed by atoms with Crippen molar-refractivity contribution in [2.75, 3.05) is 18.5 Å². The van der Waals surface area contributed by atoms with Crippen LogP contribution in [0.4, 0.5) is 18.9 Å². The summed E-state index contributed by atoms with van der Waals surface area (Å²) in [4.78, 5) is 12.2. The van der Waals surface area contributed by atoms with Crippen LogP contribution in [-0.4, -0.2) is 25.5 Å². The summed E-state index contributed by atoms with van der Waals surface area (Å²) in [5.74, 6) is 0.0331. The molecule has 1 aliphatic heterocycles. The lowest BCUT2D eigenvalue weighted by Crippen LogP contribution is -2.18. The lowest BCUT2D eigenvalue weighted by molar-refractivity contribution is -0.274. The standard InChI is InChI=1S/C17H13ClF3NO4/c18-13-6-10(7-14-16(13)25-5-4-24-14)8-15(23)22-11-2-1-3-12(9-11)26-17(19,20)21/h1-3,6-7,9H,4-5,8H2,(H,22,23). The normalized spacial score (nSPS) is 13.2. The lowest BCUT2D eigenvalue weighted by atomic mass is 10.1. The van der Waals surface area contributed by atoms with Crippen molar-refractivity contribution < 1.29 is 32.2 Å². The molecular formula is C17H13ClF3NO4. The Balaban J connectivity index is 1.68. The summed E-state index contributed by atoms with van der Waals surface area (Å²) in [5, 5.41) is 2.84. The van der Waals surface area contributed by atoms with Crippen LogP contribution in [0, 0.1) is 0 Å². The zero-order valence-corrected chi connectivity index (χ0v) is 14.0.